The molecule has 3 rings (SSSR count). The van der Waals surface area contributed by atoms with Crippen LogP contribution in [0.15, 0.2) is 36.5 Å². The summed E-state index contributed by atoms with van der Waals surface area (Å²) in [6.45, 7) is 9.12. The quantitative estimate of drug-likeness (QED) is 0.938. The summed E-state index contributed by atoms with van der Waals surface area (Å²) in [5.41, 5.74) is 2.47. The van der Waals surface area contributed by atoms with Gasteiger partial charge in [0, 0.05) is 30.7 Å². The van der Waals surface area contributed by atoms with Crippen molar-refractivity contribution in [3.05, 3.63) is 42.1 Å². The SMILES string of the molecule is CC(C)C1CN(Cc2ccc3ncccc3c2)CCCN1. The summed E-state index contributed by atoms with van der Waals surface area (Å²) < 4.78 is 0. The van der Waals surface area contributed by atoms with Crippen LogP contribution in [0.4, 0.5) is 0 Å². The first-order valence-corrected chi connectivity index (χ1v) is 8.02. The Labute approximate surface area is 127 Å². The minimum absolute atomic E-state index is 0.606. The summed E-state index contributed by atoms with van der Waals surface area (Å²) in [6.07, 6.45) is 3.09. The van der Waals surface area contributed by atoms with Crippen LogP contribution in [0, 0.1) is 5.92 Å². The standard InChI is InChI=1S/C18H25N3/c1-14(2)18-13-21(10-4-9-20-18)12-15-6-7-17-16(11-15)5-3-8-19-17/h3,5-8,11,14,18,20H,4,9-10,12-13H2,1-2H3. The fourth-order valence-electron chi connectivity index (χ4n) is 3.10. The van der Waals surface area contributed by atoms with Crippen molar-refractivity contribution < 1.29 is 0 Å². The molecular formula is C18H25N3. The normalized spacial score (nSPS) is 20.8. The molecule has 1 aliphatic heterocycles. The van der Waals surface area contributed by atoms with Gasteiger partial charge < -0.3 is 5.32 Å². The molecule has 0 bridgehead atoms. The van der Waals surface area contributed by atoms with Crippen LogP contribution in [0.25, 0.3) is 10.9 Å². The number of nitrogens with zero attached hydrogens (tertiary/aromatic N) is 2. The molecule has 0 radical (unpaired) electrons. The molecule has 112 valence electrons. The third-order valence-electron chi connectivity index (χ3n) is 4.39. The highest BCUT2D eigenvalue weighted by atomic mass is 15.2. The predicted molar refractivity (Wildman–Crippen MR) is 88.3 cm³/mol. The summed E-state index contributed by atoms with van der Waals surface area (Å²) in [5.74, 6) is 0.686. The van der Waals surface area contributed by atoms with Crippen molar-refractivity contribution in [2.75, 3.05) is 19.6 Å². The van der Waals surface area contributed by atoms with Gasteiger partial charge in [-0.1, -0.05) is 26.0 Å². The Hall–Kier alpha value is -1.45. The number of pyridine rings is 1. The molecule has 1 fully saturated rings. The molecule has 0 spiro atoms. The number of hydrogen-bond acceptors (Lipinski definition) is 3. The van der Waals surface area contributed by atoms with E-state index < -0.39 is 0 Å². The predicted octanol–water partition coefficient (Wildman–Crippen LogP) is 3.05. The van der Waals surface area contributed by atoms with Crippen molar-refractivity contribution >= 4 is 10.9 Å². The highest BCUT2D eigenvalue weighted by Gasteiger charge is 2.20. The fraction of sp³-hybridized carbons (Fsp3) is 0.500. The first-order valence-electron chi connectivity index (χ1n) is 8.02. The topological polar surface area (TPSA) is 28.2 Å². The Bertz CT molecular complexity index is 594. The zero-order chi connectivity index (χ0) is 14.7. The third kappa shape index (κ3) is 3.60. The van der Waals surface area contributed by atoms with Crippen LogP contribution >= 0.6 is 0 Å². The molecule has 21 heavy (non-hydrogen) atoms. The zero-order valence-corrected chi connectivity index (χ0v) is 13.0. The van der Waals surface area contributed by atoms with E-state index in [4.69, 9.17) is 0 Å². The van der Waals surface area contributed by atoms with Crippen LogP contribution in [-0.4, -0.2) is 35.6 Å². The second-order valence-corrected chi connectivity index (χ2v) is 6.42. The second kappa shape index (κ2) is 6.54. The summed E-state index contributed by atoms with van der Waals surface area (Å²) >= 11 is 0. The van der Waals surface area contributed by atoms with Gasteiger partial charge in [0.2, 0.25) is 0 Å². The first kappa shape index (κ1) is 14.5. The molecular weight excluding hydrogens is 258 g/mol. The highest BCUT2D eigenvalue weighted by Crippen LogP contribution is 2.17. The van der Waals surface area contributed by atoms with E-state index in [1.54, 1.807) is 0 Å². The Morgan fingerprint density at radius 1 is 1.33 bits per heavy atom. The van der Waals surface area contributed by atoms with Crippen LogP contribution in [-0.2, 0) is 6.54 Å². The Kier molecular flexibility index (Phi) is 4.51. The van der Waals surface area contributed by atoms with Gasteiger partial charge in [-0.3, -0.25) is 9.88 Å². The molecule has 1 aromatic carbocycles. The Morgan fingerprint density at radius 3 is 3.10 bits per heavy atom. The Balaban J connectivity index is 1.74. The number of hydrogen-bond donors (Lipinski definition) is 1. The molecule has 2 heterocycles. The molecule has 1 atom stereocenters. The van der Waals surface area contributed by atoms with Gasteiger partial charge in [0.15, 0.2) is 0 Å². The average Bonchev–Trinajstić information content (AvgIpc) is 2.73. The van der Waals surface area contributed by atoms with Crippen molar-refractivity contribution in [1.82, 2.24) is 15.2 Å². The maximum atomic E-state index is 4.40. The smallest absolute Gasteiger partial charge is 0.0702 e. The molecule has 1 N–H and O–H groups in total. The lowest BCUT2D eigenvalue weighted by atomic mass is 10.0. The number of fused-ring (bicyclic) bond motifs is 1. The molecule has 1 unspecified atom stereocenters. The minimum atomic E-state index is 0.606. The molecule has 0 amide bonds. The van der Waals surface area contributed by atoms with Gasteiger partial charge in [-0.15, -0.1) is 0 Å². The zero-order valence-electron chi connectivity index (χ0n) is 13.0. The monoisotopic (exact) mass is 283 g/mol. The van der Waals surface area contributed by atoms with Crippen molar-refractivity contribution in [3.8, 4) is 0 Å². The van der Waals surface area contributed by atoms with Crippen molar-refractivity contribution in [2.45, 2.75) is 32.9 Å². The molecule has 0 aliphatic carbocycles. The van der Waals surface area contributed by atoms with Gasteiger partial charge >= 0.3 is 0 Å². The Morgan fingerprint density at radius 2 is 2.24 bits per heavy atom. The molecule has 1 aromatic heterocycles. The van der Waals surface area contributed by atoms with Crippen LogP contribution in [0.2, 0.25) is 0 Å². The number of benzene rings is 1. The van der Waals surface area contributed by atoms with Gasteiger partial charge in [-0.05, 0) is 49.2 Å². The molecule has 1 aliphatic rings. The maximum Gasteiger partial charge on any atom is 0.0702 e. The lowest BCUT2D eigenvalue weighted by Gasteiger charge is -2.26. The number of rotatable bonds is 3. The molecule has 1 saturated heterocycles. The van der Waals surface area contributed by atoms with Crippen molar-refractivity contribution in [2.24, 2.45) is 5.92 Å². The van der Waals surface area contributed by atoms with E-state index in [1.807, 2.05) is 12.3 Å². The van der Waals surface area contributed by atoms with E-state index in [0.717, 1.165) is 25.2 Å². The van der Waals surface area contributed by atoms with Gasteiger partial charge in [-0.25, -0.2) is 0 Å². The van der Waals surface area contributed by atoms with E-state index in [2.05, 4.69) is 53.3 Å². The van der Waals surface area contributed by atoms with Gasteiger partial charge in [0.05, 0.1) is 5.52 Å². The summed E-state index contributed by atoms with van der Waals surface area (Å²) in [4.78, 5) is 6.98. The second-order valence-electron chi connectivity index (χ2n) is 6.42. The van der Waals surface area contributed by atoms with Gasteiger partial charge in [0.1, 0.15) is 0 Å². The molecule has 3 nitrogen and oxygen atoms in total. The van der Waals surface area contributed by atoms with Gasteiger partial charge in [0.25, 0.3) is 0 Å². The lowest BCUT2D eigenvalue weighted by Crippen LogP contribution is -2.40. The third-order valence-corrected chi connectivity index (χ3v) is 4.39. The molecule has 0 saturated carbocycles. The van der Waals surface area contributed by atoms with Crippen molar-refractivity contribution in [1.29, 1.82) is 0 Å². The van der Waals surface area contributed by atoms with E-state index in [-0.39, 0.29) is 0 Å². The average molecular weight is 283 g/mol. The van der Waals surface area contributed by atoms with E-state index in [1.165, 1.54) is 23.9 Å². The van der Waals surface area contributed by atoms with Crippen LogP contribution in [0.5, 0.6) is 0 Å². The van der Waals surface area contributed by atoms with E-state index >= 15 is 0 Å². The molecule has 3 heteroatoms. The van der Waals surface area contributed by atoms with Crippen molar-refractivity contribution in [3.63, 3.8) is 0 Å². The van der Waals surface area contributed by atoms with Crippen LogP contribution in [0.3, 0.4) is 0 Å². The number of aromatic nitrogens is 1. The minimum Gasteiger partial charge on any atom is -0.312 e. The van der Waals surface area contributed by atoms with Crippen LogP contribution in [0.1, 0.15) is 25.8 Å². The highest BCUT2D eigenvalue weighted by molar-refractivity contribution is 5.78. The summed E-state index contributed by atoms with van der Waals surface area (Å²) in [5, 5.41) is 4.91. The maximum absolute atomic E-state index is 4.40. The summed E-state index contributed by atoms with van der Waals surface area (Å²) in [6, 6.07) is 11.4. The van der Waals surface area contributed by atoms with Gasteiger partial charge in [-0.2, -0.15) is 0 Å². The first-order chi connectivity index (χ1) is 10.2. The number of nitrogens with one attached hydrogen (secondary N) is 1. The largest absolute Gasteiger partial charge is 0.312 e. The van der Waals surface area contributed by atoms with E-state index in [9.17, 15) is 0 Å². The van der Waals surface area contributed by atoms with Crippen LogP contribution < -0.4 is 5.32 Å². The lowest BCUT2D eigenvalue weighted by molar-refractivity contribution is 0.238. The van der Waals surface area contributed by atoms with E-state index in [0.29, 0.717) is 12.0 Å². The fourth-order valence-corrected chi connectivity index (χ4v) is 3.10. The summed E-state index contributed by atoms with van der Waals surface area (Å²) in [7, 11) is 0. The molecule has 2 aromatic rings.